The first-order chi connectivity index (χ1) is 12.7. The molecular formula is C21H14O5. The summed E-state index contributed by atoms with van der Waals surface area (Å²) >= 11 is 0. The largest absolute Gasteiger partial charge is 0.482 e. The Morgan fingerprint density at radius 2 is 1.54 bits per heavy atom. The van der Waals surface area contributed by atoms with Gasteiger partial charge < -0.3 is 13.9 Å². The lowest BCUT2D eigenvalue weighted by molar-refractivity contribution is -0.136. The van der Waals surface area contributed by atoms with E-state index in [9.17, 15) is 9.59 Å². The Kier molecular flexibility index (Phi) is 4.11. The number of rotatable bonds is 4. The highest BCUT2D eigenvalue weighted by Crippen LogP contribution is 2.26. The fourth-order valence-corrected chi connectivity index (χ4v) is 2.74. The Bertz CT molecular complexity index is 1150. The number of carbonyl (C=O) groups excluding carboxylic acids is 1. The molecule has 0 aliphatic rings. The summed E-state index contributed by atoms with van der Waals surface area (Å²) in [6.07, 6.45) is 0. The minimum absolute atomic E-state index is 0.219. The fourth-order valence-electron chi connectivity index (χ4n) is 2.74. The number of esters is 1. The van der Waals surface area contributed by atoms with Crippen LogP contribution in [0.5, 0.6) is 11.5 Å². The van der Waals surface area contributed by atoms with Crippen molar-refractivity contribution >= 4 is 27.7 Å². The van der Waals surface area contributed by atoms with Crippen LogP contribution in [0.1, 0.15) is 0 Å². The van der Waals surface area contributed by atoms with Gasteiger partial charge in [0, 0.05) is 11.5 Å². The topological polar surface area (TPSA) is 65.7 Å². The molecule has 5 heteroatoms. The molecule has 26 heavy (non-hydrogen) atoms. The van der Waals surface area contributed by atoms with Gasteiger partial charge in [0.15, 0.2) is 6.61 Å². The summed E-state index contributed by atoms with van der Waals surface area (Å²) in [6, 6.07) is 21.2. The minimum atomic E-state index is -0.545. The lowest BCUT2D eigenvalue weighted by Crippen LogP contribution is -2.17. The Hall–Kier alpha value is -3.60. The second-order valence-corrected chi connectivity index (χ2v) is 5.67. The van der Waals surface area contributed by atoms with E-state index >= 15 is 0 Å². The molecule has 0 atom stereocenters. The van der Waals surface area contributed by atoms with Gasteiger partial charge in [-0.2, -0.15) is 0 Å². The first kappa shape index (κ1) is 15.9. The van der Waals surface area contributed by atoms with Crippen molar-refractivity contribution in [3.05, 3.63) is 83.2 Å². The van der Waals surface area contributed by atoms with Gasteiger partial charge in [-0.05, 0) is 35.7 Å². The number of para-hydroxylation sites is 1. The molecule has 4 aromatic rings. The van der Waals surface area contributed by atoms with Gasteiger partial charge in [-0.3, -0.25) is 0 Å². The fraction of sp³-hybridized carbons (Fsp3) is 0.0476. The maximum Gasteiger partial charge on any atom is 0.349 e. The molecule has 0 N–H and O–H groups in total. The third-order valence-corrected chi connectivity index (χ3v) is 3.92. The molecule has 0 saturated carbocycles. The molecule has 128 valence electrons. The Balaban J connectivity index is 1.56. The number of benzene rings is 3. The van der Waals surface area contributed by atoms with Crippen molar-refractivity contribution in [3.63, 3.8) is 0 Å². The highest BCUT2D eigenvalue weighted by molar-refractivity contribution is 6.04. The van der Waals surface area contributed by atoms with Crippen molar-refractivity contribution in [1.82, 2.24) is 0 Å². The molecule has 1 aromatic heterocycles. The van der Waals surface area contributed by atoms with Crippen LogP contribution in [0.2, 0.25) is 0 Å². The molecule has 0 aliphatic carbocycles. The second-order valence-electron chi connectivity index (χ2n) is 5.67. The van der Waals surface area contributed by atoms with Crippen LogP contribution in [0, 0.1) is 0 Å². The van der Waals surface area contributed by atoms with Gasteiger partial charge in [0.25, 0.3) is 0 Å². The van der Waals surface area contributed by atoms with Gasteiger partial charge in [0.1, 0.15) is 17.1 Å². The molecule has 5 nitrogen and oxygen atoms in total. The predicted molar refractivity (Wildman–Crippen MR) is 97.6 cm³/mol. The quantitative estimate of drug-likeness (QED) is 0.242. The number of carbonyl (C=O) groups is 1. The van der Waals surface area contributed by atoms with E-state index in [0.717, 1.165) is 10.8 Å². The molecule has 3 aromatic carbocycles. The van der Waals surface area contributed by atoms with E-state index in [4.69, 9.17) is 13.9 Å². The number of ether oxygens (including phenoxy) is 2. The molecule has 0 fully saturated rings. The van der Waals surface area contributed by atoms with E-state index in [2.05, 4.69) is 0 Å². The maximum absolute atomic E-state index is 12.1. The summed E-state index contributed by atoms with van der Waals surface area (Å²) in [5, 5.41) is 2.09. The van der Waals surface area contributed by atoms with E-state index in [1.807, 2.05) is 30.3 Å². The summed E-state index contributed by atoms with van der Waals surface area (Å²) < 4.78 is 16.0. The smallest absolute Gasteiger partial charge is 0.349 e. The summed E-state index contributed by atoms with van der Waals surface area (Å²) in [6.45, 7) is -0.219. The molecule has 0 aliphatic heterocycles. The van der Waals surface area contributed by atoms with E-state index in [1.54, 1.807) is 36.4 Å². The zero-order chi connectivity index (χ0) is 17.9. The van der Waals surface area contributed by atoms with Crippen LogP contribution in [0.15, 0.2) is 82.0 Å². The van der Waals surface area contributed by atoms with Crippen molar-refractivity contribution < 1.29 is 18.7 Å². The molecule has 0 unspecified atom stereocenters. The zero-order valence-corrected chi connectivity index (χ0v) is 13.7. The Morgan fingerprint density at radius 1 is 0.808 bits per heavy atom. The average Bonchev–Trinajstić information content (AvgIpc) is 2.67. The molecule has 4 rings (SSSR count). The maximum atomic E-state index is 12.1. The minimum Gasteiger partial charge on any atom is -0.482 e. The Morgan fingerprint density at radius 3 is 2.35 bits per heavy atom. The lowest BCUT2D eigenvalue weighted by atomic mass is 10.1. The van der Waals surface area contributed by atoms with Crippen molar-refractivity contribution in [2.24, 2.45) is 0 Å². The molecule has 1 heterocycles. The third-order valence-electron chi connectivity index (χ3n) is 3.92. The van der Waals surface area contributed by atoms with Crippen LogP contribution in [0.25, 0.3) is 21.7 Å². The van der Waals surface area contributed by atoms with Crippen LogP contribution in [0.4, 0.5) is 0 Å². The lowest BCUT2D eigenvalue weighted by Gasteiger charge is -2.08. The number of hydrogen-bond donors (Lipinski definition) is 0. The third kappa shape index (κ3) is 3.15. The highest BCUT2D eigenvalue weighted by atomic mass is 16.6. The van der Waals surface area contributed by atoms with E-state index in [-0.39, 0.29) is 12.4 Å². The van der Waals surface area contributed by atoms with E-state index in [1.165, 1.54) is 6.07 Å². The van der Waals surface area contributed by atoms with Crippen LogP contribution < -0.4 is 15.1 Å². The second kappa shape index (κ2) is 6.72. The van der Waals surface area contributed by atoms with Crippen molar-refractivity contribution in [1.29, 1.82) is 0 Å². The predicted octanol–water partition coefficient (Wildman–Crippen LogP) is 3.93. The van der Waals surface area contributed by atoms with E-state index < -0.39 is 11.6 Å². The van der Waals surface area contributed by atoms with Crippen molar-refractivity contribution in [2.45, 2.75) is 0 Å². The zero-order valence-electron chi connectivity index (χ0n) is 13.7. The average molecular weight is 346 g/mol. The van der Waals surface area contributed by atoms with Gasteiger partial charge in [-0.25, -0.2) is 9.59 Å². The van der Waals surface area contributed by atoms with Gasteiger partial charge in [-0.1, -0.05) is 36.4 Å². The first-order valence-corrected chi connectivity index (χ1v) is 8.05. The van der Waals surface area contributed by atoms with Crippen molar-refractivity contribution in [3.8, 4) is 11.5 Å². The summed E-state index contributed by atoms with van der Waals surface area (Å²) in [5.74, 6) is 0.328. The molecule has 0 bridgehead atoms. The molecule has 0 amide bonds. The normalized spacial score (nSPS) is 10.8. The van der Waals surface area contributed by atoms with Gasteiger partial charge in [-0.15, -0.1) is 0 Å². The van der Waals surface area contributed by atoms with Crippen molar-refractivity contribution in [2.75, 3.05) is 6.61 Å². The van der Waals surface area contributed by atoms with Crippen LogP contribution >= 0.6 is 0 Å². The van der Waals surface area contributed by atoms with Gasteiger partial charge in [0.2, 0.25) is 0 Å². The van der Waals surface area contributed by atoms with Gasteiger partial charge in [0.05, 0.1) is 5.39 Å². The molecule has 0 saturated heterocycles. The van der Waals surface area contributed by atoms with Crippen LogP contribution in [0.3, 0.4) is 0 Å². The summed E-state index contributed by atoms with van der Waals surface area (Å²) in [7, 11) is 0. The number of hydrogen-bond acceptors (Lipinski definition) is 5. The molecule has 0 spiro atoms. The van der Waals surface area contributed by atoms with Crippen LogP contribution in [-0.4, -0.2) is 12.6 Å². The summed E-state index contributed by atoms with van der Waals surface area (Å²) in [4.78, 5) is 24.1. The number of fused-ring (bicyclic) bond motifs is 3. The SMILES string of the molecule is O=C(COc1ccccc1)Oc1ccc2c(c1)oc(=O)c1ccccc12. The Labute approximate surface area is 148 Å². The molecular weight excluding hydrogens is 332 g/mol. The molecule has 0 radical (unpaired) electrons. The standard InChI is InChI=1S/C21H14O5/c22-20(13-24-14-6-2-1-3-7-14)25-15-10-11-17-16-8-4-5-9-18(16)21(23)26-19(17)12-15/h1-12H,13H2. The van der Waals surface area contributed by atoms with E-state index in [0.29, 0.717) is 16.7 Å². The van der Waals surface area contributed by atoms with Crippen LogP contribution in [-0.2, 0) is 4.79 Å². The highest BCUT2D eigenvalue weighted by Gasteiger charge is 2.10. The summed E-state index contributed by atoms with van der Waals surface area (Å²) in [5.41, 5.74) is -0.0630. The monoisotopic (exact) mass is 346 g/mol. The van der Waals surface area contributed by atoms with Gasteiger partial charge >= 0.3 is 11.6 Å². The first-order valence-electron chi connectivity index (χ1n) is 8.05.